The minimum absolute atomic E-state index is 0.105. The van der Waals surface area contributed by atoms with Crippen LogP contribution in [-0.2, 0) is 16.1 Å². The van der Waals surface area contributed by atoms with E-state index < -0.39 is 5.92 Å². The standard InChI is InChI=1S/C11H19N5O3/c1-3-9(10(12)15-18)11(17)14-8-6-13-16(7-8)4-5-19-2/h6-7,9,18H,3-5H2,1-2H3,(H2,12,15)(H,14,17). The summed E-state index contributed by atoms with van der Waals surface area (Å²) in [6.07, 6.45) is 3.67. The molecule has 1 unspecified atom stereocenters. The number of ether oxygens (including phenoxy) is 1. The molecule has 1 aromatic rings. The van der Waals surface area contributed by atoms with Crippen molar-refractivity contribution in [3.05, 3.63) is 12.4 Å². The second-order valence-corrected chi connectivity index (χ2v) is 3.96. The number of aromatic nitrogens is 2. The first kappa shape index (κ1) is 15.0. The van der Waals surface area contributed by atoms with Crippen molar-refractivity contribution in [2.45, 2.75) is 19.9 Å². The monoisotopic (exact) mass is 269 g/mol. The van der Waals surface area contributed by atoms with Crippen LogP contribution in [-0.4, -0.2) is 40.4 Å². The van der Waals surface area contributed by atoms with Gasteiger partial charge < -0.3 is 21.0 Å². The van der Waals surface area contributed by atoms with Crippen LogP contribution in [0, 0.1) is 5.92 Å². The minimum Gasteiger partial charge on any atom is -0.409 e. The van der Waals surface area contributed by atoms with Crippen LogP contribution in [0.4, 0.5) is 5.69 Å². The Balaban J connectivity index is 2.63. The first-order valence-corrected chi connectivity index (χ1v) is 5.92. The summed E-state index contributed by atoms with van der Waals surface area (Å²) in [7, 11) is 1.61. The van der Waals surface area contributed by atoms with E-state index in [1.165, 1.54) is 6.20 Å². The van der Waals surface area contributed by atoms with Crippen molar-refractivity contribution in [3.63, 3.8) is 0 Å². The van der Waals surface area contributed by atoms with Crippen molar-refractivity contribution in [2.24, 2.45) is 16.8 Å². The molecule has 0 fully saturated rings. The molecule has 1 aromatic heterocycles. The maximum atomic E-state index is 11.9. The number of nitrogens with one attached hydrogen (secondary N) is 1. The third-order valence-electron chi connectivity index (χ3n) is 2.62. The van der Waals surface area contributed by atoms with E-state index in [0.717, 1.165) is 0 Å². The highest BCUT2D eigenvalue weighted by Crippen LogP contribution is 2.10. The molecule has 0 aliphatic heterocycles. The first-order chi connectivity index (χ1) is 9.12. The summed E-state index contributed by atoms with van der Waals surface area (Å²) in [5.41, 5.74) is 6.02. The summed E-state index contributed by atoms with van der Waals surface area (Å²) in [6, 6.07) is 0. The Bertz CT molecular complexity index is 443. The van der Waals surface area contributed by atoms with Gasteiger partial charge in [0, 0.05) is 13.3 Å². The Morgan fingerprint density at radius 3 is 3.05 bits per heavy atom. The lowest BCUT2D eigenvalue weighted by Gasteiger charge is -2.12. The number of nitrogens with zero attached hydrogens (tertiary/aromatic N) is 3. The molecule has 106 valence electrons. The Kier molecular flexibility index (Phi) is 5.80. The van der Waals surface area contributed by atoms with Crippen molar-refractivity contribution in [3.8, 4) is 0 Å². The fraction of sp³-hybridized carbons (Fsp3) is 0.545. The van der Waals surface area contributed by atoms with Gasteiger partial charge in [0.1, 0.15) is 0 Å². The molecule has 1 rings (SSSR count). The van der Waals surface area contributed by atoms with Gasteiger partial charge in [-0.3, -0.25) is 9.48 Å². The Morgan fingerprint density at radius 2 is 2.47 bits per heavy atom. The van der Waals surface area contributed by atoms with Gasteiger partial charge in [-0.25, -0.2) is 0 Å². The molecule has 0 aliphatic carbocycles. The quantitative estimate of drug-likeness (QED) is 0.284. The highest BCUT2D eigenvalue weighted by molar-refractivity contribution is 6.07. The highest BCUT2D eigenvalue weighted by Gasteiger charge is 2.21. The van der Waals surface area contributed by atoms with Gasteiger partial charge in [0.2, 0.25) is 5.91 Å². The van der Waals surface area contributed by atoms with Crippen LogP contribution in [0.1, 0.15) is 13.3 Å². The molecule has 1 amide bonds. The molecule has 0 bridgehead atoms. The van der Waals surface area contributed by atoms with Crippen LogP contribution >= 0.6 is 0 Å². The maximum absolute atomic E-state index is 11.9. The predicted molar refractivity (Wildman–Crippen MR) is 69.9 cm³/mol. The fourth-order valence-corrected chi connectivity index (χ4v) is 1.56. The van der Waals surface area contributed by atoms with Crippen LogP contribution in [0.15, 0.2) is 17.5 Å². The van der Waals surface area contributed by atoms with E-state index >= 15 is 0 Å². The van der Waals surface area contributed by atoms with Crippen LogP contribution in [0.5, 0.6) is 0 Å². The lowest BCUT2D eigenvalue weighted by molar-refractivity contribution is -0.118. The van der Waals surface area contributed by atoms with Gasteiger partial charge >= 0.3 is 0 Å². The van der Waals surface area contributed by atoms with Gasteiger partial charge in [-0.2, -0.15) is 5.10 Å². The van der Waals surface area contributed by atoms with Gasteiger partial charge in [-0.05, 0) is 6.42 Å². The highest BCUT2D eigenvalue weighted by atomic mass is 16.5. The van der Waals surface area contributed by atoms with E-state index in [4.69, 9.17) is 15.7 Å². The number of anilines is 1. The van der Waals surface area contributed by atoms with Gasteiger partial charge in [0.25, 0.3) is 0 Å². The topological polar surface area (TPSA) is 115 Å². The molecule has 0 spiro atoms. The Hall–Kier alpha value is -2.09. The molecule has 8 heteroatoms. The van der Waals surface area contributed by atoms with E-state index in [-0.39, 0.29) is 11.7 Å². The molecule has 8 nitrogen and oxygen atoms in total. The molecule has 4 N–H and O–H groups in total. The largest absolute Gasteiger partial charge is 0.409 e. The molecule has 0 aliphatic rings. The minimum atomic E-state index is -0.660. The summed E-state index contributed by atoms with van der Waals surface area (Å²) >= 11 is 0. The number of amidine groups is 1. The van der Waals surface area contributed by atoms with Crippen molar-refractivity contribution < 1.29 is 14.7 Å². The van der Waals surface area contributed by atoms with Gasteiger partial charge in [0.05, 0.1) is 31.0 Å². The van der Waals surface area contributed by atoms with Gasteiger partial charge in [0.15, 0.2) is 5.84 Å². The van der Waals surface area contributed by atoms with Gasteiger partial charge in [-0.15, -0.1) is 0 Å². The summed E-state index contributed by atoms with van der Waals surface area (Å²) in [5.74, 6) is -1.09. The van der Waals surface area contributed by atoms with E-state index in [2.05, 4.69) is 15.6 Å². The molecule has 19 heavy (non-hydrogen) atoms. The number of carbonyl (C=O) groups is 1. The molecule has 1 heterocycles. The lowest BCUT2D eigenvalue weighted by atomic mass is 10.0. The van der Waals surface area contributed by atoms with Crippen LogP contribution in [0.25, 0.3) is 0 Å². The van der Waals surface area contributed by atoms with E-state index in [1.807, 2.05) is 0 Å². The van der Waals surface area contributed by atoms with Crippen molar-refractivity contribution >= 4 is 17.4 Å². The third-order valence-corrected chi connectivity index (χ3v) is 2.62. The zero-order chi connectivity index (χ0) is 14.3. The molecular weight excluding hydrogens is 250 g/mol. The second kappa shape index (κ2) is 7.37. The van der Waals surface area contributed by atoms with Crippen molar-refractivity contribution in [1.82, 2.24) is 9.78 Å². The van der Waals surface area contributed by atoms with Crippen LogP contribution in [0.3, 0.4) is 0 Å². The van der Waals surface area contributed by atoms with Crippen LogP contribution in [0.2, 0.25) is 0 Å². The molecule has 1 atom stereocenters. The number of hydrogen-bond donors (Lipinski definition) is 3. The van der Waals surface area contributed by atoms with Crippen molar-refractivity contribution in [2.75, 3.05) is 19.0 Å². The van der Waals surface area contributed by atoms with Crippen molar-refractivity contribution in [1.29, 1.82) is 0 Å². The zero-order valence-electron chi connectivity index (χ0n) is 11.0. The summed E-state index contributed by atoms with van der Waals surface area (Å²) < 4.78 is 6.59. The SMILES string of the molecule is CCC(C(=O)Nc1cnn(CCOC)c1)C(N)=NO. The number of rotatable bonds is 7. The summed E-state index contributed by atoms with van der Waals surface area (Å²) in [6.45, 7) is 2.92. The summed E-state index contributed by atoms with van der Waals surface area (Å²) in [4.78, 5) is 11.9. The number of carbonyl (C=O) groups excluding carboxylic acids is 1. The predicted octanol–water partition coefficient (Wildman–Crippen LogP) is 0.241. The normalized spacial score (nSPS) is 13.3. The second-order valence-electron chi connectivity index (χ2n) is 3.96. The molecule has 0 saturated carbocycles. The van der Waals surface area contributed by atoms with E-state index in [0.29, 0.717) is 25.3 Å². The lowest BCUT2D eigenvalue weighted by Crippen LogP contribution is -2.34. The number of nitrogens with two attached hydrogens (primary N) is 1. The smallest absolute Gasteiger partial charge is 0.235 e. The third kappa shape index (κ3) is 4.25. The molecule has 0 saturated heterocycles. The average molecular weight is 269 g/mol. The zero-order valence-corrected chi connectivity index (χ0v) is 11.0. The Morgan fingerprint density at radius 1 is 1.74 bits per heavy atom. The number of methoxy groups -OCH3 is 1. The molecule has 0 radical (unpaired) electrons. The number of oxime groups is 1. The number of hydrogen-bond acceptors (Lipinski definition) is 5. The fourth-order valence-electron chi connectivity index (χ4n) is 1.56. The van der Waals surface area contributed by atoms with E-state index in [1.54, 1.807) is 24.9 Å². The van der Waals surface area contributed by atoms with Crippen LogP contribution < -0.4 is 11.1 Å². The maximum Gasteiger partial charge on any atom is 0.235 e. The number of amides is 1. The van der Waals surface area contributed by atoms with E-state index in [9.17, 15) is 4.79 Å². The molecular formula is C11H19N5O3. The average Bonchev–Trinajstić information content (AvgIpc) is 2.84. The Labute approximate surface area is 111 Å². The molecule has 0 aromatic carbocycles. The summed E-state index contributed by atoms with van der Waals surface area (Å²) in [5, 5.41) is 18.2. The van der Waals surface area contributed by atoms with Gasteiger partial charge in [-0.1, -0.05) is 12.1 Å². The first-order valence-electron chi connectivity index (χ1n) is 5.92.